The van der Waals surface area contributed by atoms with Gasteiger partial charge in [-0.1, -0.05) is 29.4 Å². The molecule has 0 N–H and O–H groups in total. The molecule has 0 spiro atoms. The molecule has 0 amide bonds. The van der Waals surface area contributed by atoms with Crippen molar-refractivity contribution >= 4 is 6.21 Å². The van der Waals surface area contributed by atoms with Crippen molar-refractivity contribution in [3.05, 3.63) is 71.4 Å². The summed E-state index contributed by atoms with van der Waals surface area (Å²) in [6.07, 6.45) is -2.95. The zero-order chi connectivity index (χ0) is 21.7. The van der Waals surface area contributed by atoms with Crippen molar-refractivity contribution in [2.45, 2.75) is 33.1 Å². The number of halogens is 3. The molecule has 0 bridgehead atoms. The van der Waals surface area contributed by atoms with Crippen LogP contribution < -0.4 is 4.74 Å². The van der Waals surface area contributed by atoms with Crippen molar-refractivity contribution in [2.75, 3.05) is 0 Å². The first-order valence-corrected chi connectivity index (χ1v) is 9.21. The number of nitrogens with zero attached hydrogens (tertiary/aromatic N) is 3. The Bertz CT molecular complexity index is 1050. The summed E-state index contributed by atoms with van der Waals surface area (Å²) in [5, 5.41) is 11.9. The molecule has 0 unspecified atom stereocenters. The summed E-state index contributed by atoms with van der Waals surface area (Å²) < 4.78 is 45.2. The Morgan fingerprint density at radius 3 is 2.50 bits per heavy atom. The van der Waals surface area contributed by atoms with Crippen molar-refractivity contribution in [2.24, 2.45) is 5.16 Å². The molecule has 2 aromatic carbocycles. The van der Waals surface area contributed by atoms with Crippen LogP contribution in [-0.2, 0) is 11.0 Å². The van der Waals surface area contributed by atoms with E-state index in [0.29, 0.717) is 22.6 Å². The summed E-state index contributed by atoms with van der Waals surface area (Å²) in [5.74, 6) is 0.544. The lowest BCUT2D eigenvalue weighted by Gasteiger charge is -2.13. The third kappa shape index (κ3) is 5.56. The van der Waals surface area contributed by atoms with Crippen molar-refractivity contribution < 1.29 is 22.7 Å². The van der Waals surface area contributed by atoms with Gasteiger partial charge in [0.25, 0.3) is 0 Å². The number of benzene rings is 2. The maximum absolute atomic E-state index is 13.1. The van der Waals surface area contributed by atoms with Crippen LogP contribution in [0.4, 0.5) is 13.2 Å². The molecule has 1 aromatic heterocycles. The van der Waals surface area contributed by atoms with E-state index >= 15 is 0 Å². The second-order valence-electron chi connectivity index (χ2n) is 6.85. The largest absolute Gasteiger partial charge is 0.437 e. The highest BCUT2D eigenvalue weighted by Crippen LogP contribution is 2.36. The monoisotopic (exact) mass is 415 g/mol. The Morgan fingerprint density at radius 2 is 1.77 bits per heavy atom. The van der Waals surface area contributed by atoms with E-state index in [2.05, 4.69) is 15.4 Å². The van der Waals surface area contributed by atoms with Gasteiger partial charge in [0.1, 0.15) is 11.9 Å². The van der Waals surface area contributed by atoms with Crippen molar-refractivity contribution in [3.8, 4) is 22.8 Å². The van der Waals surface area contributed by atoms with Crippen molar-refractivity contribution in [1.29, 1.82) is 0 Å². The molecule has 3 aromatic rings. The van der Waals surface area contributed by atoms with Gasteiger partial charge in [-0.25, -0.2) is 0 Å². The first-order valence-electron chi connectivity index (χ1n) is 9.21. The summed E-state index contributed by atoms with van der Waals surface area (Å²) in [6.45, 7) is 5.43. The predicted molar refractivity (Wildman–Crippen MR) is 108 cm³/mol. The molecule has 0 aliphatic carbocycles. The van der Waals surface area contributed by atoms with Crippen LogP contribution in [-0.4, -0.2) is 22.5 Å². The van der Waals surface area contributed by atoms with Crippen molar-refractivity contribution in [3.63, 3.8) is 0 Å². The summed E-state index contributed by atoms with van der Waals surface area (Å²) >= 11 is 0. The van der Waals surface area contributed by atoms with E-state index in [1.54, 1.807) is 43.5 Å². The molecule has 0 atom stereocenters. The molecule has 8 heteroatoms. The Labute approximate surface area is 172 Å². The van der Waals surface area contributed by atoms with E-state index in [9.17, 15) is 13.2 Å². The topological polar surface area (TPSA) is 56.6 Å². The molecule has 0 radical (unpaired) electrons. The van der Waals surface area contributed by atoms with Crippen LogP contribution in [0.15, 0.2) is 59.8 Å². The average Bonchev–Trinajstić information content (AvgIpc) is 2.69. The molecule has 5 nitrogen and oxygen atoms in total. The molecule has 156 valence electrons. The van der Waals surface area contributed by atoms with Crippen LogP contribution in [0.3, 0.4) is 0 Å². The number of aryl methyl sites for hydroxylation is 1. The fourth-order valence-electron chi connectivity index (χ4n) is 2.61. The van der Waals surface area contributed by atoms with Crippen LogP contribution in [0.25, 0.3) is 11.1 Å². The maximum atomic E-state index is 13.1. The number of alkyl halides is 3. The lowest BCUT2D eigenvalue weighted by molar-refractivity contribution is -0.137. The molecule has 0 fully saturated rings. The number of oxime groups is 1. The number of rotatable bonds is 6. The summed E-state index contributed by atoms with van der Waals surface area (Å²) in [4.78, 5) is 5.15. The summed E-state index contributed by atoms with van der Waals surface area (Å²) in [5.41, 5.74) is 1.29. The minimum Gasteiger partial charge on any atom is -0.437 e. The van der Waals surface area contributed by atoms with Crippen LogP contribution >= 0.6 is 0 Å². The van der Waals surface area contributed by atoms with Crippen LogP contribution in [0.1, 0.15) is 30.7 Å². The molecular formula is C22H20F3N3O2. The first kappa shape index (κ1) is 21.3. The highest BCUT2D eigenvalue weighted by Gasteiger charge is 2.30. The second-order valence-corrected chi connectivity index (χ2v) is 6.85. The number of hydrogen-bond donors (Lipinski definition) is 0. The van der Waals surface area contributed by atoms with Gasteiger partial charge in [-0.05, 0) is 62.2 Å². The highest BCUT2D eigenvalue weighted by molar-refractivity contribution is 5.79. The number of hydrogen-bond acceptors (Lipinski definition) is 5. The van der Waals surface area contributed by atoms with Crippen LogP contribution in [0.5, 0.6) is 11.6 Å². The van der Waals surface area contributed by atoms with E-state index in [1.165, 1.54) is 6.07 Å². The normalized spacial score (nSPS) is 11.8. The highest BCUT2D eigenvalue weighted by atomic mass is 19.4. The zero-order valence-electron chi connectivity index (χ0n) is 16.6. The van der Waals surface area contributed by atoms with Gasteiger partial charge in [0.05, 0.1) is 17.5 Å². The molecule has 3 rings (SSSR count). The molecule has 30 heavy (non-hydrogen) atoms. The van der Waals surface area contributed by atoms with Gasteiger partial charge in [0.2, 0.25) is 5.88 Å². The smallest absolute Gasteiger partial charge is 0.416 e. The fourth-order valence-corrected chi connectivity index (χ4v) is 2.61. The van der Waals surface area contributed by atoms with E-state index in [0.717, 1.165) is 17.7 Å². The third-order valence-electron chi connectivity index (χ3n) is 3.93. The predicted octanol–water partition coefficient (Wildman–Crippen LogP) is 6.02. The lowest BCUT2D eigenvalue weighted by Crippen LogP contribution is -2.05. The van der Waals surface area contributed by atoms with Gasteiger partial charge < -0.3 is 9.57 Å². The minimum absolute atomic E-state index is 0.0430. The molecular weight excluding hydrogens is 395 g/mol. The summed E-state index contributed by atoms with van der Waals surface area (Å²) in [6, 6.07) is 13.6. The fraction of sp³-hybridized carbons (Fsp3) is 0.227. The molecule has 1 heterocycles. The van der Waals surface area contributed by atoms with Gasteiger partial charge in [-0.3, -0.25) is 0 Å². The van der Waals surface area contributed by atoms with E-state index in [-0.39, 0.29) is 12.0 Å². The average molecular weight is 415 g/mol. The molecule has 0 aliphatic rings. The maximum Gasteiger partial charge on any atom is 0.416 e. The van der Waals surface area contributed by atoms with E-state index < -0.39 is 11.7 Å². The van der Waals surface area contributed by atoms with Crippen LogP contribution in [0, 0.1) is 6.92 Å². The molecule has 0 aliphatic heterocycles. The quantitative estimate of drug-likeness (QED) is 0.365. The van der Waals surface area contributed by atoms with Crippen molar-refractivity contribution in [1.82, 2.24) is 10.2 Å². The number of ether oxygens (including phenoxy) is 1. The van der Waals surface area contributed by atoms with E-state index in [4.69, 9.17) is 9.57 Å². The molecule has 0 saturated carbocycles. The van der Waals surface area contributed by atoms with Gasteiger partial charge >= 0.3 is 6.18 Å². The standard InChI is InChI=1S/C22H20F3N3O2/c1-14(2)30-26-13-16-6-4-9-19(11-16)29-21-20(10-15(3)27-28-21)17-7-5-8-18(12-17)22(23,24)25/h4-14H,1-3H3/b26-13+. The Morgan fingerprint density at radius 1 is 1.00 bits per heavy atom. The molecule has 0 saturated heterocycles. The van der Waals surface area contributed by atoms with Gasteiger partial charge in [0, 0.05) is 5.56 Å². The van der Waals surface area contributed by atoms with E-state index in [1.807, 2.05) is 19.9 Å². The number of aromatic nitrogens is 2. The third-order valence-corrected chi connectivity index (χ3v) is 3.93. The Balaban J connectivity index is 1.93. The lowest BCUT2D eigenvalue weighted by atomic mass is 10.0. The summed E-state index contributed by atoms with van der Waals surface area (Å²) in [7, 11) is 0. The van der Waals surface area contributed by atoms with Gasteiger partial charge in [0.15, 0.2) is 0 Å². The minimum atomic E-state index is -4.45. The Hall–Kier alpha value is -3.42. The SMILES string of the molecule is Cc1cc(-c2cccc(C(F)(F)F)c2)c(Oc2cccc(/C=N/OC(C)C)c2)nn1. The second kappa shape index (κ2) is 8.94. The van der Waals surface area contributed by atoms with Gasteiger partial charge in [-0.2, -0.15) is 18.3 Å². The first-order chi connectivity index (χ1) is 14.2. The zero-order valence-corrected chi connectivity index (χ0v) is 16.6. The van der Waals surface area contributed by atoms with Crippen LogP contribution in [0.2, 0.25) is 0 Å². The Kier molecular flexibility index (Phi) is 6.34. The van der Waals surface area contributed by atoms with Gasteiger partial charge in [-0.15, -0.1) is 5.10 Å².